The van der Waals surface area contributed by atoms with Crippen molar-refractivity contribution in [2.24, 2.45) is 7.05 Å². The Morgan fingerprint density at radius 1 is 1.07 bits per heavy atom. The van der Waals surface area contributed by atoms with Crippen LogP contribution in [0.5, 0.6) is 0 Å². The lowest BCUT2D eigenvalue weighted by Gasteiger charge is -2.27. The normalized spacial score (nSPS) is 17.8. The minimum atomic E-state index is 0.00194. The van der Waals surface area contributed by atoms with E-state index in [0.29, 0.717) is 6.54 Å². The Kier molecular flexibility index (Phi) is 6.55. The van der Waals surface area contributed by atoms with Gasteiger partial charge in [-0.25, -0.2) is 4.68 Å². The number of nitrogens with zero attached hydrogens (tertiary/aromatic N) is 4. The lowest BCUT2D eigenvalue weighted by Crippen LogP contribution is -2.39. The lowest BCUT2D eigenvalue weighted by atomic mass is 9.96. The second kappa shape index (κ2) is 9.49. The summed E-state index contributed by atoms with van der Waals surface area (Å²) >= 11 is 0. The molecule has 0 radical (unpaired) electrons. The molecule has 3 heterocycles. The molecule has 1 aliphatic heterocycles. The molecule has 1 saturated carbocycles. The van der Waals surface area contributed by atoms with Gasteiger partial charge in [-0.05, 0) is 31.4 Å². The second-order valence-electron chi connectivity index (χ2n) is 8.62. The maximum absolute atomic E-state index is 12.9. The number of amides is 2. The number of hydrogen-bond donors (Lipinski definition) is 1. The molecule has 2 amide bonds. The van der Waals surface area contributed by atoms with Crippen LogP contribution in [0.4, 0.5) is 5.82 Å². The molecular formula is C23H33N5O2. The summed E-state index contributed by atoms with van der Waals surface area (Å²) in [5, 5.41) is 7.86. The number of fused-ring (bicyclic) bond motifs is 1. The van der Waals surface area contributed by atoms with E-state index in [1.54, 1.807) is 4.90 Å². The molecule has 0 bridgehead atoms. The van der Waals surface area contributed by atoms with Gasteiger partial charge in [0, 0.05) is 51.3 Å². The van der Waals surface area contributed by atoms with Crippen LogP contribution in [0.2, 0.25) is 0 Å². The first-order chi connectivity index (χ1) is 14.6. The van der Waals surface area contributed by atoms with E-state index in [1.807, 2.05) is 40.7 Å². The molecule has 0 unspecified atom stereocenters. The summed E-state index contributed by atoms with van der Waals surface area (Å²) in [5.41, 5.74) is 1.90. The van der Waals surface area contributed by atoms with Gasteiger partial charge < -0.3 is 9.88 Å². The van der Waals surface area contributed by atoms with Gasteiger partial charge >= 0.3 is 0 Å². The first-order valence-corrected chi connectivity index (χ1v) is 11.4. The summed E-state index contributed by atoms with van der Waals surface area (Å²) < 4.78 is 3.94. The van der Waals surface area contributed by atoms with Gasteiger partial charge in [-0.2, -0.15) is 5.10 Å². The van der Waals surface area contributed by atoms with Crippen molar-refractivity contribution in [2.45, 2.75) is 76.8 Å². The van der Waals surface area contributed by atoms with Gasteiger partial charge in [-0.3, -0.25) is 14.5 Å². The van der Waals surface area contributed by atoms with Gasteiger partial charge in [0.15, 0.2) is 0 Å². The van der Waals surface area contributed by atoms with Crippen LogP contribution < -0.4 is 10.2 Å². The Balaban J connectivity index is 1.35. The van der Waals surface area contributed by atoms with Gasteiger partial charge in [0.1, 0.15) is 11.5 Å². The maximum Gasteiger partial charge on any atom is 0.228 e. The van der Waals surface area contributed by atoms with Gasteiger partial charge in [-0.15, -0.1) is 0 Å². The third kappa shape index (κ3) is 4.77. The van der Waals surface area contributed by atoms with Crippen molar-refractivity contribution >= 4 is 17.6 Å². The molecule has 0 atom stereocenters. The predicted molar refractivity (Wildman–Crippen MR) is 117 cm³/mol. The highest BCUT2D eigenvalue weighted by Crippen LogP contribution is 2.28. The molecule has 1 fully saturated rings. The van der Waals surface area contributed by atoms with Crippen molar-refractivity contribution in [1.29, 1.82) is 0 Å². The molecule has 1 aliphatic carbocycles. The van der Waals surface area contributed by atoms with Crippen molar-refractivity contribution in [2.75, 3.05) is 11.4 Å². The maximum atomic E-state index is 12.9. The van der Waals surface area contributed by atoms with Gasteiger partial charge in [0.05, 0.1) is 5.69 Å². The fraction of sp³-hybridized carbons (Fsp3) is 0.609. The minimum Gasteiger partial charge on any atom is -0.353 e. The Morgan fingerprint density at radius 3 is 2.57 bits per heavy atom. The summed E-state index contributed by atoms with van der Waals surface area (Å²) in [5.74, 6) is 0.842. The number of nitrogens with one attached hydrogen (secondary N) is 1. The summed E-state index contributed by atoms with van der Waals surface area (Å²) in [6.07, 6.45) is 11.7. The van der Waals surface area contributed by atoms with Crippen molar-refractivity contribution in [3.8, 4) is 11.4 Å². The third-order valence-corrected chi connectivity index (χ3v) is 6.33. The molecule has 1 N–H and O–H groups in total. The number of carbonyl (C=O) groups excluding carboxylic acids is 2. The molecular weight excluding hydrogens is 378 g/mol. The average molecular weight is 412 g/mol. The number of carbonyl (C=O) groups is 2. The Hall–Kier alpha value is -2.57. The van der Waals surface area contributed by atoms with E-state index >= 15 is 0 Å². The van der Waals surface area contributed by atoms with Crippen LogP contribution in [0.3, 0.4) is 0 Å². The SMILES string of the molecule is Cn1cccc1-c1cc2n(n1)CCCN2C(=O)CCC(=O)NC1CCCCCCC1. The number of hydrogen-bond acceptors (Lipinski definition) is 3. The van der Waals surface area contributed by atoms with E-state index in [2.05, 4.69) is 5.32 Å². The zero-order chi connectivity index (χ0) is 20.9. The molecule has 30 heavy (non-hydrogen) atoms. The Labute approximate surface area is 178 Å². The average Bonchev–Trinajstić information content (AvgIpc) is 3.33. The Morgan fingerprint density at radius 2 is 1.83 bits per heavy atom. The van der Waals surface area contributed by atoms with E-state index in [0.717, 1.165) is 43.0 Å². The number of aromatic nitrogens is 3. The van der Waals surface area contributed by atoms with Crippen LogP contribution in [0.1, 0.15) is 64.2 Å². The quantitative estimate of drug-likeness (QED) is 0.817. The van der Waals surface area contributed by atoms with E-state index in [4.69, 9.17) is 5.10 Å². The van der Waals surface area contributed by atoms with Crippen LogP contribution in [0.15, 0.2) is 24.4 Å². The first-order valence-electron chi connectivity index (χ1n) is 11.4. The Bertz CT molecular complexity index is 876. The fourth-order valence-corrected chi connectivity index (χ4v) is 4.64. The number of aryl methyl sites for hydroxylation is 2. The molecule has 0 saturated heterocycles. The largest absolute Gasteiger partial charge is 0.353 e. The van der Waals surface area contributed by atoms with E-state index in [-0.39, 0.29) is 30.7 Å². The second-order valence-corrected chi connectivity index (χ2v) is 8.62. The standard InChI is InChI=1S/C23H33N5O2/c1-26-14-7-11-20(26)19-17-22-27(15-8-16-28(22)25-19)23(30)13-12-21(29)24-18-9-5-3-2-4-6-10-18/h7,11,14,17-18H,2-6,8-10,12-13,15-16H2,1H3,(H,24,29). The van der Waals surface area contributed by atoms with Crippen LogP contribution in [-0.2, 0) is 23.2 Å². The van der Waals surface area contributed by atoms with Gasteiger partial charge in [0.2, 0.25) is 11.8 Å². The predicted octanol–water partition coefficient (Wildman–Crippen LogP) is 3.63. The molecule has 7 heteroatoms. The molecule has 0 spiro atoms. The van der Waals surface area contributed by atoms with Crippen molar-refractivity contribution in [3.63, 3.8) is 0 Å². The van der Waals surface area contributed by atoms with Crippen molar-refractivity contribution in [3.05, 3.63) is 24.4 Å². The summed E-state index contributed by atoms with van der Waals surface area (Å²) in [6.45, 7) is 1.49. The topological polar surface area (TPSA) is 72.2 Å². The first kappa shape index (κ1) is 20.7. The van der Waals surface area contributed by atoms with E-state index < -0.39 is 0 Å². The third-order valence-electron chi connectivity index (χ3n) is 6.33. The monoisotopic (exact) mass is 411 g/mol. The van der Waals surface area contributed by atoms with E-state index in [9.17, 15) is 9.59 Å². The van der Waals surface area contributed by atoms with Gasteiger partial charge in [-0.1, -0.05) is 32.1 Å². The summed E-state index contributed by atoms with van der Waals surface area (Å²) in [4.78, 5) is 27.2. The van der Waals surface area contributed by atoms with Crippen molar-refractivity contribution in [1.82, 2.24) is 19.7 Å². The summed E-state index contributed by atoms with van der Waals surface area (Å²) in [6, 6.07) is 6.28. The summed E-state index contributed by atoms with van der Waals surface area (Å²) in [7, 11) is 1.99. The zero-order valence-corrected chi connectivity index (χ0v) is 18.0. The molecule has 0 aromatic carbocycles. The number of anilines is 1. The molecule has 4 rings (SSSR count). The highest BCUT2D eigenvalue weighted by molar-refractivity contribution is 5.95. The fourth-order valence-electron chi connectivity index (χ4n) is 4.64. The molecule has 162 valence electrons. The highest BCUT2D eigenvalue weighted by Gasteiger charge is 2.26. The zero-order valence-electron chi connectivity index (χ0n) is 18.0. The molecule has 2 aliphatic rings. The minimum absolute atomic E-state index is 0.00194. The van der Waals surface area contributed by atoms with Crippen LogP contribution >= 0.6 is 0 Å². The van der Waals surface area contributed by atoms with Crippen LogP contribution in [0, 0.1) is 0 Å². The van der Waals surface area contributed by atoms with Crippen LogP contribution in [-0.4, -0.2) is 38.7 Å². The van der Waals surface area contributed by atoms with E-state index in [1.165, 1.54) is 32.1 Å². The number of rotatable bonds is 5. The molecule has 2 aromatic rings. The van der Waals surface area contributed by atoms with Gasteiger partial charge in [0.25, 0.3) is 0 Å². The smallest absolute Gasteiger partial charge is 0.228 e. The van der Waals surface area contributed by atoms with Crippen molar-refractivity contribution < 1.29 is 9.59 Å². The lowest BCUT2D eigenvalue weighted by molar-refractivity contribution is -0.125. The van der Waals surface area contributed by atoms with Crippen LogP contribution in [0.25, 0.3) is 11.4 Å². The highest BCUT2D eigenvalue weighted by atomic mass is 16.2. The molecule has 7 nitrogen and oxygen atoms in total. The molecule has 2 aromatic heterocycles.